The normalized spacial score (nSPS) is 15.6. The quantitative estimate of drug-likeness (QED) is 0.691. The van der Waals surface area contributed by atoms with E-state index < -0.39 is 5.54 Å². The molecule has 1 amide bonds. The number of benzene rings is 2. The Kier molecular flexibility index (Phi) is 5.61. The highest BCUT2D eigenvalue weighted by Gasteiger charge is 2.36. The van der Waals surface area contributed by atoms with Crippen LogP contribution in [0.2, 0.25) is 0 Å². The Balaban J connectivity index is 0.00000196. The van der Waals surface area contributed by atoms with Crippen molar-refractivity contribution in [1.82, 2.24) is 4.98 Å². The highest BCUT2D eigenvalue weighted by Crippen LogP contribution is 2.29. The maximum atomic E-state index is 12.4. The minimum absolute atomic E-state index is 0. The van der Waals surface area contributed by atoms with Gasteiger partial charge >= 0.3 is 0 Å². The van der Waals surface area contributed by atoms with Gasteiger partial charge in [0.25, 0.3) is 0 Å². The fraction of sp³-hybridized carbons (Fsp3) is 0.300. The first-order valence-corrected chi connectivity index (χ1v) is 9.48. The highest BCUT2D eigenvalue weighted by molar-refractivity contribution is 7.18. The topological polar surface area (TPSA) is 68.0 Å². The molecule has 6 heteroatoms. The number of hydrogen-bond donors (Lipinski definition) is 2. The molecule has 0 atom stereocenters. The van der Waals surface area contributed by atoms with Crippen molar-refractivity contribution in [2.75, 3.05) is 5.32 Å². The summed E-state index contributed by atoms with van der Waals surface area (Å²) in [5.41, 5.74) is 8.54. The SMILES string of the molecule is Cl.NC1(C(=O)Nc2ccc(Cc3nc4ccccc4s3)cc2)CCCC1. The molecule has 0 saturated heterocycles. The second kappa shape index (κ2) is 7.74. The predicted molar refractivity (Wildman–Crippen MR) is 110 cm³/mol. The van der Waals surface area contributed by atoms with Gasteiger partial charge in [-0.1, -0.05) is 37.1 Å². The molecule has 2 aromatic carbocycles. The Bertz CT molecular complexity index is 868. The number of carbonyl (C=O) groups excluding carboxylic acids is 1. The summed E-state index contributed by atoms with van der Waals surface area (Å²) in [6.45, 7) is 0. The summed E-state index contributed by atoms with van der Waals surface area (Å²) in [5, 5.41) is 4.06. The lowest BCUT2D eigenvalue weighted by Crippen LogP contribution is -2.48. The van der Waals surface area contributed by atoms with Crippen LogP contribution < -0.4 is 11.1 Å². The fourth-order valence-corrected chi connectivity index (χ4v) is 4.37. The molecule has 4 rings (SSSR count). The third-order valence-electron chi connectivity index (χ3n) is 4.85. The van der Waals surface area contributed by atoms with Crippen LogP contribution in [-0.4, -0.2) is 16.4 Å². The lowest BCUT2D eigenvalue weighted by Gasteiger charge is -2.22. The van der Waals surface area contributed by atoms with Gasteiger partial charge in [-0.05, 0) is 42.7 Å². The standard InChI is InChI=1S/C20H21N3OS.ClH/c21-20(11-3-4-12-20)19(24)22-15-9-7-14(8-10-15)13-18-23-16-5-1-2-6-17(16)25-18;/h1-2,5-10H,3-4,11-13,21H2,(H,22,24);1H. The van der Waals surface area contributed by atoms with E-state index in [0.29, 0.717) is 0 Å². The van der Waals surface area contributed by atoms with Crippen LogP contribution in [0.25, 0.3) is 10.2 Å². The molecular weight excluding hydrogens is 366 g/mol. The second-order valence-corrected chi connectivity index (χ2v) is 7.88. The van der Waals surface area contributed by atoms with Gasteiger partial charge in [0, 0.05) is 12.1 Å². The van der Waals surface area contributed by atoms with Crippen molar-refractivity contribution < 1.29 is 4.79 Å². The van der Waals surface area contributed by atoms with Crippen LogP contribution >= 0.6 is 23.7 Å². The molecule has 0 spiro atoms. The zero-order valence-electron chi connectivity index (χ0n) is 14.4. The second-order valence-electron chi connectivity index (χ2n) is 6.77. The maximum Gasteiger partial charge on any atom is 0.244 e. The summed E-state index contributed by atoms with van der Waals surface area (Å²) in [7, 11) is 0. The van der Waals surface area contributed by atoms with Crippen LogP contribution in [-0.2, 0) is 11.2 Å². The lowest BCUT2D eigenvalue weighted by atomic mass is 9.98. The minimum Gasteiger partial charge on any atom is -0.324 e. The molecule has 136 valence electrons. The Morgan fingerprint density at radius 3 is 2.50 bits per heavy atom. The van der Waals surface area contributed by atoms with Crippen molar-refractivity contribution in [3.63, 3.8) is 0 Å². The predicted octanol–water partition coefficient (Wildman–Crippen LogP) is 4.52. The molecule has 1 heterocycles. The molecule has 0 bridgehead atoms. The number of rotatable bonds is 4. The number of anilines is 1. The third kappa shape index (κ3) is 3.90. The molecule has 4 nitrogen and oxygen atoms in total. The number of carbonyl (C=O) groups is 1. The van der Waals surface area contributed by atoms with E-state index in [1.165, 1.54) is 10.3 Å². The number of nitrogens with one attached hydrogen (secondary N) is 1. The Morgan fingerprint density at radius 1 is 1.12 bits per heavy atom. The van der Waals surface area contributed by atoms with Crippen molar-refractivity contribution in [1.29, 1.82) is 0 Å². The van der Waals surface area contributed by atoms with E-state index in [1.807, 2.05) is 42.5 Å². The van der Waals surface area contributed by atoms with Crippen molar-refractivity contribution in [3.8, 4) is 0 Å². The first-order valence-electron chi connectivity index (χ1n) is 8.66. The van der Waals surface area contributed by atoms with E-state index >= 15 is 0 Å². The molecule has 3 aromatic rings. The number of thiazole rings is 1. The van der Waals surface area contributed by atoms with E-state index in [0.717, 1.165) is 48.3 Å². The van der Waals surface area contributed by atoms with Crippen molar-refractivity contribution in [2.24, 2.45) is 5.73 Å². The van der Waals surface area contributed by atoms with Gasteiger partial charge in [-0.15, -0.1) is 23.7 Å². The monoisotopic (exact) mass is 387 g/mol. The molecule has 1 saturated carbocycles. The summed E-state index contributed by atoms with van der Waals surface area (Å²) in [6.07, 6.45) is 4.41. The molecule has 1 aromatic heterocycles. The molecule has 0 unspecified atom stereocenters. The summed E-state index contributed by atoms with van der Waals surface area (Å²) < 4.78 is 1.21. The number of fused-ring (bicyclic) bond motifs is 1. The Morgan fingerprint density at radius 2 is 1.81 bits per heavy atom. The molecule has 3 N–H and O–H groups in total. The summed E-state index contributed by atoms with van der Waals surface area (Å²) >= 11 is 1.73. The van der Waals surface area contributed by atoms with E-state index in [1.54, 1.807) is 11.3 Å². The summed E-state index contributed by atoms with van der Waals surface area (Å²) in [6, 6.07) is 16.2. The van der Waals surface area contributed by atoms with Gasteiger partial charge in [-0.2, -0.15) is 0 Å². The van der Waals surface area contributed by atoms with Crippen LogP contribution in [0, 0.1) is 0 Å². The van der Waals surface area contributed by atoms with Crippen LogP contribution in [0.3, 0.4) is 0 Å². The van der Waals surface area contributed by atoms with Crippen molar-refractivity contribution >= 4 is 45.6 Å². The van der Waals surface area contributed by atoms with Gasteiger partial charge in [0.05, 0.1) is 20.8 Å². The van der Waals surface area contributed by atoms with Gasteiger partial charge in [0.15, 0.2) is 0 Å². The summed E-state index contributed by atoms with van der Waals surface area (Å²) in [5.74, 6) is -0.0658. The smallest absolute Gasteiger partial charge is 0.244 e. The molecule has 26 heavy (non-hydrogen) atoms. The van der Waals surface area contributed by atoms with Gasteiger partial charge in [-0.3, -0.25) is 4.79 Å². The molecule has 0 radical (unpaired) electrons. The lowest BCUT2D eigenvalue weighted by molar-refractivity contribution is -0.121. The average Bonchev–Trinajstić information content (AvgIpc) is 3.23. The Hall–Kier alpha value is -1.95. The van der Waals surface area contributed by atoms with E-state index in [9.17, 15) is 4.79 Å². The number of hydrogen-bond acceptors (Lipinski definition) is 4. The number of nitrogens with two attached hydrogens (primary N) is 1. The van der Waals surface area contributed by atoms with Crippen molar-refractivity contribution in [3.05, 3.63) is 59.1 Å². The fourth-order valence-electron chi connectivity index (χ4n) is 3.36. The first kappa shape index (κ1) is 18.8. The zero-order valence-corrected chi connectivity index (χ0v) is 16.0. The molecule has 0 aliphatic heterocycles. The van der Waals surface area contributed by atoms with Crippen LogP contribution in [0.15, 0.2) is 48.5 Å². The van der Waals surface area contributed by atoms with Gasteiger partial charge in [-0.25, -0.2) is 4.98 Å². The van der Waals surface area contributed by atoms with Gasteiger partial charge in [0.1, 0.15) is 0 Å². The van der Waals surface area contributed by atoms with Crippen LogP contribution in [0.5, 0.6) is 0 Å². The van der Waals surface area contributed by atoms with E-state index in [4.69, 9.17) is 5.73 Å². The number of nitrogens with zero attached hydrogens (tertiary/aromatic N) is 1. The Labute approximate surface area is 163 Å². The largest absolute Gasteiger partial charge is 0.324 e. The van der Waals surface area contributed by atoms with E-state index in [-0.39, 0.29) is 18.3 Å². The molecule has 1 fully saturated rings. The molecule has 1 aliphatic carbocycles. The number of aromatic nitrogens is 1. The average molecular weight is 388 g/mol. The molecule has 1 aliphatic rings. The van der Waals surface area contributed by atoms with Crippen molar-refractivity contribution in [2.45, 2.75) is 37.6 Å². The number of amides is 1. The number of para-hydroxylation sites is 1. The highest BCUT2D eigenvalue weighted by atomic mass is 35.5. The van der Waals surface area contributed by atoms with Gasteiger partial charge < -0.3 is 11.1 Å². The van der Waals surface area contributed by atoms with Gasteiger partial charge in [0.2, 0.25) is 5.91 Å². The maximum absolute atomic E-state index is 12.4. The molecular formula is C20H22ClN3OS. The van der Waals surface area contributed by atoms with E-state index in [2.05, 4.69) is 16.4 Å². The summed E-state index contributed by atoms with van der Waals surface area (Å²) in [4.78, 5) is 17.0. The number of halogens is 1. The van der Waals surface area contributed by atoms with Crippen LogP contribution in [0.1, 0.15) is 36.3 Å². The third-order valence-corrected chi connectivity index (χ3v) is 5.89. The minimum atomic E-state index is -0.695. The van der Waals surface area contributed by atoms with Crippen LogP contribution in [0.4, 0.5) is 5.69 Å². The zero-order chi connectivity index (χ0) is 17.3. The first-order chi connectivity index (χ1) is 12.1.